The summed E-state index contributed by atoms with van der Waals surface area (Å²) in [5.74, 6) is 0.730. The van der Waals surface area contributed by atoms with Crippen LogP contribution in [0.1, 0.15) is 32.1 Å². The van der Waals surface area contributed by atoms with Crippen LogP contribution < -0.4 is 0 Å². The number of aromatic nitrogens is 4. The highest BCUT2D eigenvalue weighted by atomic mass is 32.2. The molecule has 0 saturated heterocycles. The molecule has 6 heteroatoms. The van der Waals surface area contributed by atoms with Gasteiger partial charge in [0.25, 0.3) is 0 Å². The van der Waals surface area contributed by atoms with Crippen molar-refractivity contribution in [3.8, 4) is 5.40 Å². The molecule has 2 heterocycles. The second kappa shape index (κ2) is 5.57. The van der Waals surface area contributed by atoms with Gasteiger partial charge in [-0.1, -0.05) is 19.3 Å². The number of hydrogen-bond acceptors (Lipinski definition) is 5. The molecule has 0 aliphatic heterocycles. The van der Waals surface area contributed by atoms with E-state index in [-0.39, 0.29) is 0 Å². The molecule has 0 N–H and O–H groups in total. The summed E-state index contributed by atoms with van der Waals surface area (Å²) in [6.07, 6.45) is 9.97. The van der Waals surface area contributed by atoms with Crippen molar-refractivity contribution in [2.45, 2.75) is 43.7 Å². The van der Waals surface area contributed by atoms with Crippen LogP contribution in [0, 0.1) is 16.6 Å². The standard InChI is InChI=1S/C13H15N5S/c14-7-19-13-11-12(15-8-16-13)18(9-17-11)6-10-4-2-1-3-5-10/h8-10H,1-6H2. The van der Waals surface area contributed by atoms with Crippen LogP contribution in [0.25, 0.3) is 11.2 Å². The lowest BCUT2D eigenvalue weighted by molar-refractivity contribution is 0.321. The third-order valence-electron chi connectivity index (χ3n) is 3.69. The molecule has 0 unspecified atom stereocenters. The maximum atomic E-state index is 8.76. The van der Waals surface area contributed by atoms with E-state index in [0.29, 0.717) is 5.03 Å². The quantitative estimate of drug-likeness (QED) is 0.488. The molecule has 2 aromatic rings. The Balaban J connectivity index is 1.88. The van der Waals surface area contributed by atoms with Crippen molar-refractivity contribution in [3.05, 3.63) is 12.7 Å². The Hall–Kier alpha value is -1.61. The molecule has 1 fully saturated rings. The molecular weight excluding hydrogens is 258 g/mol. The maximum Gasteiger partial charge on any atom is 0.164 e. The summed E-state index contributed by atoms with van der Waals surface area (Å²) in [4.78, 5) is 12.8. The van der Waals surface area contributed by atoms with Gasteiger partial charge in [0.15, 0.2) is 5.65 Å². The minimum atomic E-state index is 0.648. The number of nitriles is 1. The van der Waals surface area contributed by atoms with Gasteiger partial charge in [-0.25, -0.2) is 15.0 Å². The highest BCUT2D eigenvalue weighted by Gasteiger charge is 2.17. The Morgan fingerprint density at radius 2 is 2.11 bits per heavy atom. The highest BCUT2D eigenvalue weighted by Crippen LogP contribution is 2.27. The smallest absolute Gasteiger partial charge is 0.164 e. The van der Waals surface area contributed by atoms with Crippen molar-refractivity contribution in [1.29, 1.82) is 5.26 Å². The topological polar surface area (TPSA) is 67.4 Å². The molecule has 0 spiro atoms. The van der Waals surface area contributed by atoms with Gasteiger partial charge in [-0.2, -0.15) is 5.26 Å². The summed E-state index contributed by atoms with van der Waals surface area (Å²) in [5, 5.41) is 11.5. The monoisotopic (exact) mass is 273 g/mol. The molecule has 1 aliphatic carbocycles. The third kappa shape index (κ3) is 2.56. The molecule has 2 aromatic heterocycles. The van der Waals surface area contributed by atoms with Gasteiger partial charge < -0.3 is 4.57 Å². The van der Waals surface area contributed by atoms with E-state index in [2.05, 4.69) is 19.5 Å². The molecule has 0 atom stereocenters. The zero-order valence-corrected chi connectivity index (χ0v) is 11.4. The fraction of sp³-hybridized carbons (Fsp3) is 0.538. The maximum absolute atomic E-state index is 8.76. The predicted octanol–water partition coefficient (Wildman–Crippen LogP) is 2.98. The van der Waals surface area contributed by atoms with Crippen LogP contribution in [0.4, 0.5) is 0 Å². The lowest BCUT2D eigenvalue weighted by atomic mass is 9.89. The molecule has 0 amide bonds. The van der Waals surface area contributed by atoms with Crippen molar-refractivity contribution in [2.24, 2.45) is 5.92 Å². The van der Waals surface area contributed by atoms with Gasteiger partial charge in [-0.05, 0) is 18.8 Å². The van der Waals surface area contributed by atoms with Crippen LogP contribution in [0.3, 0.4) is 0 Å². The zero-order valence-electron chi connectivity index (χ0n) is 10.6. The normalized spacial score (nSPS) is 16.6. The molecule has 5 nitrogen and oxygen atoms in total. The molecule has 3 rings (SSSR count). The van der Waals surface area contributed by atoms with Gasteiger partial charge in [0.05, 0.1) is 6.33 Å². The van der Waals surface area contributed by atoms with Crippen LogP contribution in [0.15, 0.2) is 17.7 Å². The van der Waals surface area contributed by atoms with E-state index in [0.717, 1.165) is 35.4 Å². The summed E-state index contributed by atoms with van der Waals surface area (Å²) in [6, 6.07) is 0. The molecule has 1 aliphatic rings. The summed E-state index contributed by atoms with van der Waals surface area (Å²) >= 11 is 1.04. The average Bonchev–Trinajstić information content (AvgIpc) is 2.85. The number of fused-ring (bicyclic) bond motifs is 1. The van der Waals surface area contributed by atoms with E-state index in [1.165, 1.54) is 38.4 Å². The number of hydrogen-bond donors (Lipinski definition) is 0. The van der Waals surface area contributed by atoms with Gasteiger partial charge in [-0.15, -0.1) is 0 Å². The van der Waals surface area contributed by atoms with Crippen molar-refractivity contribution < 1.29 is 0 Å². The summed E-state index contributed by atoms with van der Waals surface area (Å²) in [7, 11) is 0. The van der Waals surface area contributed by atoms with Crippen molar-refractivity contribution in [2.75, 3.05) is 0 Å². The molecule has 0 bridgehead atoms. The Morgan fingerprint density at radius 1 is 1.26 bits per heavy atom. The first-order valence-electron chi connectivity index (χ1n) is 6.60. The number of nitrogens with zero attached hydrogens (tertiary/aromatic N) is 5. The van der Waals surface area contributed by atoms with Crippen LogP contribution in [-0.4, -0.2) is 19.5 Å². The first kappa shape index (κ1) is 12.4. The van der Waals surface area contributed by atoms with Crippen LogP contribution in [0.5, 0.6) is 0 Å². The van der Waals surface area contributed by atoms with E-state index in [9.17, 15) is 0 Å². The lowest BCUT2D eigenvalue weighted by Crippen LogP contribution is -2.13. The summed E-state index contributed by atoms with van der Waals surface area (Å²) < 4.78 is 2.11. The zero-order chi connectivity index (χ0) is 13.1. The second-order valence-electron chi connectivity index (χ2n) is 4.95. The molecular formula is C13H15N5S. The minimum Gasteiger partial charge on any atom is -0.315 e. The van der Waals surface area contributed by atoms with Gasteiger partial charge >= 0.3 is 0 Å². The Kier molecular flexibility index (Phi) is 3.65. The van der Waals surface area contributed by atoms with E-state index < -0.39 is 0 Å². The summed E-state index contributed by atoms with van der Waals surface area (Å²) in [5.41, 5.74) is 1.59. The first-order valence-corrected chi connectivity index (χ1v) is 7.42. The van der Waals surface area contributed by atoms with Crippen LogP contribution >= 0.6 is 11.8 Å². The number of imidazole rings is 1. The fourth-order valence-electron chi connectivity index (χ4n) is 2.76. The fourth-order valence-corrected chi connectivity index (χ4v) is 3.19. The van der Waals surface area contributed by atoms with Crippen molar-refractivity contribution >= 4 is 22.9 Å². The number of thioether (sulfide) groups is 1. The van der Waals surface area contributed by atoms with E-state index in [4.69, 9.17) is 5.26 Å². The van der Waals surface area contributed by atoms with E-state index in [1.54, 1.807) is 0 Å². The SMILES string of the molecule is N#CSc1ncnc2c1ncn2CC1CCCCC1. The molecule has 19 heavy (non-hydrogen) atoms. The van der Waals surface area contributed by atoms with Crippen LogP contribution in [0.2, 0.25) is 0 Å². The van der Waals surface area contributed by atoms with Gasteiger partial charge in [0.1, 0.15) is 22.3 Å². The van der Waals surface area contributed by atoms with Crippen LogP contribution in [-0.2, 0) is 6.54 Å². The third-order valence-corrected chi connectivity index (χ3v) is 4.27. The molecule has 0 radical (unpaired) electrons. The number of rotatable bonds is 3. The molecule has 98 valence electrons. The highest BCUT2D eigenvalue weighted by molar-refractivity contribution is 8.03. The van der Waals surface area contributed by atoms with E-state index in [1.807, 2.05) is 11.7 Å². The minimum absolute atomic E-state index is 0.648. The van der Waals surface area contributed by atoms with Crippen molar-refractivity contribution in [3.63, 3.8) is 0 Å². The van der Waals surface area contributed by atoms with E-state index >= 15 is 0 Å². The van der Waals surface area contributed by atoms with Crippen molar-refractivity contribution in [1.82, 2.24) is 19.5 Å². The Bertz CT molecular complexity index is 609. The number of thiocyanates is 1. The molecule has 0 aromatic carbocycles. The summed E-state index contributed by atoms with van der Waals surface area (Å²) in [6.45, 7) is 0.976. The van der Waals surface area contributed by atoms with Gasteiger partial charge in [0, 0.05) is 18.3 Å². The largest absolute Gasteiger partial charge is 0.315 e. The Labute approximate surface area is 116 Å². The van der Waals surface area contributed by atoms with Gasteiger partial charge in [0.2, 0.25) is 0 Å². The lowest BCUT2D eigenvalue weighted by Gasteiger charge is -2.21. The van der Waals surface area contributed by atoms with Gasteiger partial charge in [-0.3, -0.25) is 0 Å². The second-order valence-corrected chi connectivity index (χ2v) is 5.72. The first-order chi connectivity index (χ1) is 9.38. The average molecular weight is 273 g/mol. The molecule has 1 saturated carbocycles. The Morgan fingerprint density at radius 3 is 2.89 bits per heavy atom. The predicted molar refractivity (Wildman–Crippen MR) is 73.4 cm³/mol.